The van der Waals surface area contributed by atoms with Crippen LogP contribution in [0.2, 0.25) is 0 Å². The number of ketones is 1. The number of methoxy groups -OCH3 is 4. The summed E-state index contributed by atoms with van der Waals surface area (Å²) in [4.78, 5) is 13.1. The van der Waals surface area contributed by atoms with Crippen molar-refractivity contribution in [1.82, 2.24) is 0 Å². The Morgan fingerprint density at radius 3 is 1.90 bits per heavy atom. The fraction of sp³-hybridized carbons (Fsp3) is 0.654. The van der Waals surface area contributed by atoms with Gasteiger partial charge in [0.25, 0.3) is 0 Å². The standard InChI is InChI=1S/C26H42O5/c1-18(2)12-10-13-19(3)14-11-15-20(4)16-17-22-21(5)26(30-8,31-9)25(29-7)24(28-6)23(22)27/h12,14,16,21-22H,10-11,13,15,17H2,1-9H3/t21-,22-/m1/s1. The lowest BCUT2D eigenvalue weighted by molar-refractivity contribution is -0.244. The third kappa shape index (κ3) is 6.81. The number of Topliss-reactive ketones (excluding diaryl/α,β-unsaturated/α-hetero) is 1. The van der Waals surface area contributed by atoms with Gasteiger partial charge in [-0.15, -0.1) is 0 Å². The Morgan fingerprint density at radius 2 is 1.42 bits per heavy atom. The SMILES string of the molecule is COC1=C(OC)C(OC)(OC)[C@H](C)[C@@H](CC=C(C)CCC=C(C)CCC=C(C)C)C1=O. The van der Waals surface area contributed by atoms with E-state index >= 15 is 0 Å². The predicted molar refractivity (Wildman–Crippen MR) is 125 cm³/mol. The van der Waals surface area contributed by atoms with Crippen molar-refractivity contribution in [1.29, 1.82) is 0 Å². The minimum absolute atomic E-state index is 0.0735. The molecule has 2 atom stereocenters. The molecule has 0 bridgehead atoms. The molecule has 1 rings (SSSR count). The molecule has 0 aromatic heterocycles. The zero-order valence-electron chi connectivity index (χ0n) is 21.0. The number of hydrogen-bond donors (Lipinski definition) is 0. The van der Waals surface area contributed by atoms with Gasteiger partial charge in [-0.3, -0.25) is 4.79 Å². The number of allylic oxidation sites excluding steroid dienone is 7. The van der Waals surface area contributed by atoms with Gasteiger partial charge in [-0.1, -0.05) is 41.9 Å². The summed E-state index contributed by atoms with van der Waals surface area (Å²) in [5.74, 6) is -1.30. The van der Waals surface area contributed by atoms with Gasteiger partial charge in [-0.25, -0.2) is 0 Å². The average molecular weight is 435 g/mol. The first-order valence-electron chi connectivity index (χ1n) is 11.1. The minimum Gasteiger partial charge on any atom is -0.492 e. The Balaban J connectivity index is 2.87. The number of carbonyl (C=O) groups excluding carboxylic acids is 1. The molecule has 0 amide bonds. The van der Waals surface area contributed by atoms with E-state index in [1.807, 2.05) is 6.92 Å². The normalized spacial score (nSPS) is 21.9. The molecule has 5 nitrogen and oxygen atoms in total. The molecule has 0 N–H and O–H groups in total. The van der Waals surface area contributed by atoms with Crippen LogP contribution in [0.5, 0.6) is 0 Å². The maximum Gasteiger partial charge on any atom is 0.234 e. The number of ether oxygens (including phenoxy) is 4. The van der Waals surface area contributed by atoms with Crippen LogP contribution in [-0.4, -0.2) is 40.0 Å². The van der Waals surface area contributed by atoms with Gasteiger partial charge in [0, 0.05) is 26.1 Å². The second-order valence-electron chi connectivity index (χ2n) is 8.60. The van der Waals surface area contributed by atoms with Crippen molar-refractivity contribution in [3.63, 3.8) is 0 Å². The van der Waals surface area contributed by atoms with Crippen LogP contribution >= 0.6 is 0 Å². The molecule has 1 aliphatic rings. The molecule has 0 aromatic carbocycles. The smallest absolute Gasteiger partial charge is 0.234 e. The van der Waals surface area contributed by atoms with Crippen molar-refractivity contribution in [3.8, 4) is 0 Å². The van der Waals surface area contributed by atoms with Crippen molar-refractivity contribution < 1.29 is 23.7 Å². The number of carbonyl (C=O) groups is 1. The lowest BCUT2D eigenvalue weighted by Crippen LogP contribution is -2.52. The minimum atomic E-state index is -1.15. The van der Waals surface area contributed by atoms with Crippen LogP contribution in [0, 0.1) is 11.8 Å². The highest BCUT2D eigenvalue weighted by molar-refractivity contribution is 5.97. The molecular weight excluding hydrogens is 392 g/mol. The summed E-state index contributed by atoms with van der Waals surface area (Å²) in [6.45, 7) is 10.5. The zero-order valence-corrected chi connectivity index (χ0v) is 21.0. The molecule has 0 fully saturated rings. The Bertz CT molecular complexity index is 718. The van der Waals surface area contributed by atoms with E-state index in [1.54, 1.807) is 14.2 Å². The Labute approximate surface area is 189 Å². The Kier molecular flexibility index (Phi) is 11.3. The summed E-state index contributed by atoms with van der Waals surface area (Å²) < 4.78 is 22.3. The molecule has 0 saturated carbocycles. The van der Waals surface area contributed by atoms with E-state index in [-0.39, 0.29) is 23.4 Å². The fourth-order valence-electron chi connectivity index (χ4n) is 4.18. The van der Waals surface area contributed by atoms with Gasteiger partial charge in [0.1, 0.15) is 0 Å². The quantitative estimate of drug-likeness (QED) is 0.273. The summed E-state index contributed by atoms with van der Waals surface area (Å²) in [5, 5.41) is 0. The summed E-state index contributed by atoms with van der Waals surface area (Å²) in [6.07, 6.45) is 11.6. The van der Waals surface area contributed by atoms with Crippen LogP contribution in [0.1, 0.15) is 66.7 Å². The molecule has 0 spiro atoms. The van der Waals surface area contributed by atoms with Crippen LogP contribution in [0.25, 0.3) is 0 Å². The second kappa shape index (κ2) is 12.9. The predicted octanol–water partition coefficient (Wildman–Crippen LogP) is 6.12. The summed E-state index contributed by atoms with van der Waals surface area (Å²) in [7, 11) is 6.10. The molecule has 1 aliphatic carbocycles. The van der Waals surface area contributed by atoms with Crippen molar-refractivity contribution in [2.24, 2.45) is 11.8 Å². The van der Waals surface area contributed by atoms with Crippen molar-refractivity contribution in [2.75, 3.05) is 28.4 Å². The van der Waals surface area contributed by atoms with Crippen LogP contribution in [0.15, 0.2) is 46.5 Å². The molecule has 5 heteroatoms. The van der Waals surface area contributed by atoms with E-state index < -0.39 is 5.79 Å². The molecule has 176 valence electrons. The van der Waals surface area contributed by atoms with Gasteiger partial charge in [0.2, 0.25) is 23.1 Å². The maximum absolute atomic E-state index is 13.1. The van der Waals surface area contributed by atoms with Crippen LogP contribution < -0.4 is 0 Å². The monoisotopic (exact) mass is 434 g/mol. The highest BCUT2D eigenvalue weighted by Gasteiger charge is 2.54. The molecular formula is C26H42O5. The fourth-order valence-corrected chi connectivity index (χ4v) is 4.18. The first-order chi connectivity index (χ1) is 14.7. The lowest BCUT2D eigenvalue weighted by atomic mass is 9.75. The molecule has 0 heterocycles. The van der Waals surface area contributed by atoms with Crippen molar-refractivity contribution in [2.45, 2.75) is 72.5 Å². The lowest BCUT2D eigenvalue weighted by Gasteiger charge is -2.43. The van der Waals surface area contributed by atoms with Gasteiger partial charge in [0.15, 0.2) is 0 Å². The molecule has 31 heavy (non-hydrogen) atoms. The number of rotatable bonds is 12. The summed E-state index contributed by atoms with van der Waals surface area (Å²) >= 11 is 0. The molecule has 0 aromatic rings. The molecule has 0 aliphatic heterocycles. The van der Waals surface area contributed by atoms with E-state index in [2.05, 4.69) is 45.9 Å². The van der Waals surface area contributed by atoms with E-state index in [1.165, 1.54) is 30.9 Å². The van der Waals surface area contributed by atoms with Crippen molar-refractivity contribution >= 4 is 5.78 Å². The van der Waals surface area contributed by atoms with E-state index in [0.29, 0.717) is 12.2 Å². The topological polar surface area (TPSA) is 54.0 Å². The third-order valence-corrected chi connectivity index (χ3v) is 6.14. The zero-order chi connectivity index (χ0) is 23.6. The van der Waals surface area contributed by atoms with Gasteiger partial charge < -0.3 is 18.9 Å². The van der Waals surface area contributed by atoms with Gasteiger partial charge in [-0.2, -0.15) is 0 Å². The largest absolute Gasteiger partial charge is 0.492 e. The molecule has 0 unspecified atom stereocenters. The maximum atomic E-state index is 13.1. The van der Waals surface area contributed by atoms with E-state index in [0.717, 1.165) is 25.7 Å². The summed E-state index contributed by atoms with van der Waals surface area (Å²) in [6, 6.07) is 0. The van der Waals surface area contributed by atoms with Gasteiger partial charge in [0.05, 0.1) is 14.2 Å². The van der Waals surface area contributed by atoms with Gasteiger partial charge >= 0.3 is 0 Å². The van der Waals surface area contributed by atoms with Crippen molar-refractivity contribution in [3.05, 3.63) is 46.5 Å². The van der Waals surface area contributed by atoms with Crippen LogP contribution in [0.3, 0.4) is 0 Å². The second-order valence-corrected chi connectivity index (χ2v) is 8.60. The van der Waals surface area contributed by atoms with Crippen LogP contribution in [0.4, 0.5) is 0 Å². The van der Waals surface area contributed by atoms with Gasteiger partial charge in [-0.05, 0) is 59.8 Å². The van der Waals surface area contributed by atoms with E-state index in [9.17, 15) is 4.79 Å². The van der Waals surface area contributed by atoms with E-state index in [4.69, 9.17) is 18.9 Å². The van der Waals surface area contributed by atoms with Crippen LogP contribution in [-0.2, 0) is 23.7 Å². The first-order valence-corrected chi connectivity index (χ1v) is 11.1. The first kappa shape index (κ1) is 27.2. The Hall–Kier alpha value is -1.85. The molecule has 0 radical (unpaired) electrons. The number of hydrogen-bond acceptors (Lipinski definition) is 5. The third-order valence-electron chi connectivity index (χ3n) is 6.14. The highest BCUT2D eigenvalue weighted by atomic mass is 16.7. The molecule has 0 saturated heterocycles. The summed E-state index contributed by atoms with van der Waals surface area (Å²) in [5.41, 5.74) is 4.07. The highest BCUT2D eigenvalue weighted by Crippen LogP contribution is 2.44. The Morgan fingerprint density at radius 1 is 0.871 bits per heavy atom. The average Bonchev–Trinajstić information content (AvgIpc) is 2.73.